The molecule has 0 spiro atoms. The summed E-state index contributed by atoms with van der Waals surface area (Å²) >= 11 is 0. The topological polar surface area (TPSA) is 35.5 Å². The molecule has 0 bridgehead atoms. The monoisotopic (exact) mass is 516 g/mol. The Bertz CT molecular complexity index is 854. The molecule has 0 amide bonds. The predicted molar refractivity (Wildman–Crippen MR) is 151 cm³/mol. The molecule has 10 unspecified atom stereocenters. The lowest BCUT2D eigenvalue weighted by molar-refractivity contribution is -0.194. The van der Waals surface area contributed by atoms with Crippen molar-refractivity contribution in [2.24, 2.45) is 51.8 Å². The summed E-state index contributed by atoms with van der Waals surface area (Å²) in [6.07, 6.45) is 17.5. The maximum absolute atomic E-state index is 12.4. The summed E-state index contributed by atoms with van der Waals surface area (Å²) in [6, 6.07) is 0. The lowest BCUT2D eigenvalue weighted by atomic mass is 9.37. The number of ether oxygens (including phenoxy) is 2. The molecular formula is C32H53O3P. The Hall–Kier alpha value is -0.240. The van der Waals surface area contributed by atoms with Crippen LogP contribution in [0.1, 0.15) is 111 Å². The van der Waals surface area contributed by atoms with Gasteiger partial charge in [-0.1, -0.05) is 35.4 Å². The number of Topliss-reactive ketones (excluding diaryl/α,β-unsaturated/α-hetero) is 1. The molecule has 0 radical (unpaired) electrons. The van der Waals surface area contributed by atoms with Crippen molar-refractivity contribution in [2.45, 2.75) is 117 Å². The Morgan fingerprint density at radius 2 is 1.64 bits per heavy atom. The molecule has 0 aromatic rings. The van der Waals surface area contributed by atoms with E-state index >= 15 is 0 Å². The van der Waals surface area contributed by atoms with Gasteiger partial charge in [0.1, 0.15) is 6.61 Å². The number of hydrogen-bond acceptors (Lipinski definition) is 3. The van der Waals surface area contributed by atoms with Crippen LogP contribution in [-0.2, 0) is 14.3 Å². The zero-order chi connectivity index (χ0) is 25.7. The first-order valence-corrected chi connectivity index (χ1v) is 16.6. The number of carbonyl (C=O) groups excluding carboxylic acids is 1. The molecule has 36 heavy (non-hydrogen) atoms. The third-order valence-electron chi connectivity index (χ3n) is 13.1. The summed E-state index contributed by atoms with van der Waals surface area (Å²) in [5.74, 6) is 5.33. The van der Waals surface area contributed by atoms with Gasteiger partial charge in [0.25, 0.3) is 0 Å². The van der Waals surface area contributed by atoms with Crippen LogP contribution in [0.25, 0.3) is 0 Å². The second-order valence-corrected chi connectivity index (χ2v) is 15.3. The van der Waals surface area contributed by atoms with E-state index < -0.39 is 0 Å². The van der Waals surface area contributed by atoms with E-state index in [1.54, 1.807) is 7.11 Å². The van der Waals surface area contributed by atoms with E-state index in [-0.39, 0.29) is 0 Å². The molecule has 4 heteroatoms. The Morgan fingerprint density at radius 1 is 0.917 bits per heavy atom. The van der Waals surface area contributed by atoms with Crippen LogP contribution < -0.4 is 0 Å². The van der Waals surface area contributed by atoms with Crippen LogP contribution in [0.3, 0.4) is 0 Å². The first kappa shape index (κ1) is 27.3. The lowest BCUT2D eigenvalue weighted by Gasteiger charge is -2.68. The molecule has 0 aliphatic heterocycles. The molecule has 5 aliphatic carbocycles. The van der Waals surface area contributed by atoms with Crippen LogP contribution in [0.4, 0.5) is 0 Å². The first-order chi connectivity index (χ1) is 17.2. The third kappa shape index (κ3) is 4.40. The molecule has 0 heterocycles. The molecule has 5 fully saturated rings. The maximum Gasteiger partial charge on any atom is 0.158 e. The quantitative estimate of drug-likeness (QED) is 0.320. The summed E-state index contributed by atoms with van der Waals surface area (Å²) in [4.78, 5) is 12.4. The van der Waals surface area contributed by atoms with Crippen LogP contribution >= 0.6 is 8.20 Å². The predicted octanol–water partition coefficient (Wildman–Crippen LogP) is 8.17. The molecule has 0 N–H and O–H groups in total. The average Bonchev–Trinajstić information content (AvgIpc) is 3.29. The van der Waals surface area contributed by atoms with Gasteiger partial charge in [-0.2, -0.15) is 0 Å². The summed E-state index contributed by atoms with van der Waals surface area (Å²) in [6.45, 7) is 12.6. The van der Waals surface area contributed by atoms with Gasteiger partial charge in [0.15, 0.2) is 5.78 Å². The van der Waals surface area contributed by atoms with Gasteiger partial charge in [0.05, 0.1) is 11.6 Å². The van der Waals surface area contributed by atoms with Gasteiger partial charge in [-0.25, -0.2) is 0 Å². The number of fused-ring (bicyclic) bond motifs is 7. The average molecular weight is 517 g/mol. The molecule has 3 nitrogen and oxygen atoms in total. The zero-order valence-corrected chi connectivity index (χ0v) is 25.0. The summed E-state index contributed by atoms with van der Waals surface area (Å²) in [5.41, 5.74) is 2.63. The van der Waals surface area contributed by atoms with Crippen molar-refractivity contribution in [2.75, 3.05) is 20.4 Å². The number of ketones is 1. The van der Waals surface area contributed by atoms with Crippen LogP contribution in [0, 0.1) is 51.8 Å². The van der Waals surface area contributed by atoms with E-state index in [0.29, 0.717) is 40.7 Å². The molecule has 5 rings (SSSR count). The highest BCUT2D eigenvalue weighted by Gasteiger charge is 2.64. The van der Waals surface area contributed by atoms with Crippen LogP contribution in [0.15, 0.2) is 0 Å². The lowest BCUT2D eigenvalue weighted by Crippen LogP contribution is -2.61. The normalized spacial score (nSPS) is 48.5. The maximum atomic E-state index is 12.4. The van der Waals surface area contributed by atoms with Crippen LogP contribution in [-0.4, -0.2) is 37.7 Å². The molecular weight excluding hydrogens is 463 g/mol. The minimum Gasteiger partial charge on any atom is -0.377 e. The van der Waals surface area contributed by atoms with Gasteiger partial charge < -0.3 is 9.47 Å². The van der Waals surface area contributed by atoms with Crippen LogP contribution in [0.2, 0.25) is 0 Å². The smallest absolute Gasteiger partial charge is 0.158 e. The Morgan fingerprint density at radius 3 is 2.39 bits per heavy atom. The van der Waals surface area contributed by atoms with Crippen molar-refractivity contribution in [3.05, 3.63) is 0 Å². The first-order valence-electron chi connectivity index (χ1n) is 15.3. The van der Waals surface area contributed by atoms with E-state index in [9.17, 15) is 4.79 Å². The molecule has 0 saturated heterocycles. The van der Waals surface area contributed by atoms with Crippen molar-refractivity contribution in [1.82, 2.24) is 0 Å². The SMILES string of the molecule is COCC(=O)CCC12CCCC1C1CCC3C4(C)CCC(OC(C)=PC)C(C)C4CCC3(C)C1CC2. The highest BCUT2D eigenvalue weighted by molar-refractivity contribution is 7.39. The molecule has 5 aliphatic rings. The van der Waals surface area contributed by atoms with Gasteiger partial charge in [-0.05, 0) is 136 Å². The number of methoxy groups -OCH3 is 1. The molecule has 10 atom stereocenters. The van der Waals surface area contributed by atoms with Gasteiger partial charge in [-0.3, -0.25) is 4.79 Å². The largest absolute Gasteiger partial charge is 0.377 e. The molecule has 0 aromatic heterocycles. The van der Waals surface area contributed by atoms with E-state index in [1.807, 2.05) is 0 Å². The number of hydrogen-bond donors (Lipinski definition) is 0. The molecule has 204 valence electrons. The second-order valence-electron chi connectivity index (χ2n) is 14.2. The number of rotatable bonds is 7. The Kier molecular flexibility index (Phi) is 7.89. The molecule has 5 saturated carbocycles. The summed E-state index contributed by atoms with van der Waals surface area (Å²) in [5, 5.41) is 0. The van der Waals surface area contributed by atoms with E-state index in [0.717, 1.165) is 42.4 Å². The zero-order valence-electron chi connectivity index (χ0n) is 24.1. The highest BCUT2D eigenvalue weighted by Crippen LogP contribution is 2.72. The standard InChI is InChI=1S/C32H53O3P/c1-21-25-12-16-31(4)26-13-19-32(18-11-23(33)20-34-5)15-7-8-27(32)24(26)9-10-29(31)30(25,3)17-14-28(21)35-22(2)36-6/h21,24-29H,7-20H2,1-6H3. The Balaban J connectivity index is 1.33. The van der Waals surface area contributed by atoms with E-state index in [2.05, 4.69) is 34.4 Å². The van der Waals surface area contributed by atoms with E-state index in [1.165, 1.54) is 84.3 Å². The van der Waals surface area contributed by atoms with E-state index in [4.69, 9.17) is 9.47 Å². The fraction of sp³-hybridized carbons (Fsp3) is 0.938. The Labute approximate surface area is 223 Å². The van der Waals surface area contributed by atoms with Crippen LogP contribution in [0.5, 0.6) is 0 Å². The summed E-state index contributed by atoms with van der Waals surface area (Å²) < 4.78 is 11.6. The second kappa shape index (κ2) is 10.4. The van der Waals surface area contributed by atoms with Crippen molar-refractivity contribution < 1.29 is 14.3 Å². The minimum absolute atomic E-state index is 0.298. The fourth-order valence-electron chi connectivity index (χ4n) is 11.4. The third-order valence-corrected chi connectivity index (χ3v) is 13.8. The van der Waals surface area contributed by atoms with Gasteiger partial charge in [0, 0.05) is 13.5 Å². The van der Waals surface area contributed by atoms with Crippen molar-refractivity contribution in [3.8, 4) is 0 Å². The fourth-order valence-corrected chi connectivity index (χ4v) is 11.7. The highest BCUT2D eigenvalue weighted by atomic mass is 31.1. The van der Waals surface area contributed by atoms with Crippen molar-refractivity contribution in [3.63, 3.8) is 0 Å². The minimum atomic E-state index is 0.298. The van der Waals surface area contributed by atoms with Gasteiger partial charge >= 0.3 is 0 Å². The van der Waals surface area contributed by atoms with Gasteiger partial charge in [0.2, 0.25) is 0 Å². The van der Waals surface area contributed by atoms with Crippen molar-refractivity contribution >= 4 is 19.5 Å². The number of carbonyl (C=O) groups is 1. The summed E-state index contributed by atoms with van der Waals surface area (Å²) in [7, 11) is 2.93. The van der Waals surface area contributed by atoms with Crippen molar-refractivity contribution in [1.29, 1.82) is 0 Å². The van der Waals surface area contributed by atoms with Gasteiger partial charge in [-0.15, -0.1) is 0 Å². The molecule has 0 aromatic carbocycles.